The predicted molar refractivity (Wildman–Crippen MR) is 170 cm³/mol. The van der Waals surface area contributed by atoms with Gasteiger partial charge in [-0.1, -0.05) is 36.5 Å². The van der Waals surface area contributed by atoms with Crippen molar-refractivity contribution in [1.82, 2.24) is 0 Å². The number of hydrogen-bond donors (Lipinski definition) is 0. The molecule has 0 rings (SSSR count). The van der Waals surface area contributed by atoms with Gasteiger partial charge in [0.05, 0.1) is 24.0 Å². The van der Waals surface area contributed by atoms with Crippen LogP contribution in [0.1, 0.15) is 41.5 Å². The summed E-state index contributed by atoms with van der Waals surface area (Å²) in [5.41, 5.74) is -2.88. The first kappa shape index (κ1) is 42.2. The van der Waals surface area contributed by atoms with Crippen LogP contribution in [0.4, 0.5) is 0 Å². The van der Waals surface area contributed by atoms with Gasteiger partial charge < -0.3 is 33.2 Å². The minimum atomic E-state index is -1.44. The van der Waals surface area contributed by atoms with Gasteiger partial charge in [0.15, 0.2) is 0 Å². The highest BCUT2D eigenvalue weighted by Gasteiger charge is 2.40. The standard InChI is InChI=1S/C34H46O13/c1-7-13-27(35)42-21-33(22-43-28(36)14-8-2,23-44-29(37)15-9-3)19-41-20-34(24-45-30(38)16-10-4,25-46-31(39)17-11-5)26-47-32(40)18-12-6/h7-18H,19-26H2,1-6H3. The minimum Gasteiger partial charge on any atom is -0.462 e. The first-order valence-corrected chi connectivity index (χ1v) is 14.8. The second-order valence-electron chi connectivity index (χ2n) is 10.1. The molecule has 0 saturated heterocycles. The summed E-state index contributed by atoms with van der Waals surface area (Å²) in [6, 6.07) is 0. The Morgan fingerprint density at radius 2 is 0.511 bits per heavy atom. The first-order chi connectivity index (χ1) is 22.4. The molecule has 13 nitrogen and oxygen atoms in total. The molecule has 0 aromatic carbocycles. The summed E-state index contributed by atoms with van der Waals surface area (Å²) in [4.78, 5) is 73.6. The molecule has 0 spiro atoms. The Labute approximate surface area is 275 Å². The van der Waals surface area contributed by atoms with Crippen LogP contribution >= 0.6 is 0 Å². The summed E-state index contributed by atoms with van der Waals surface area (Å²) in [6.07, 6.45) is 15.8. The van der Waals surface area contributed by atoms with Gasteiger partial charge in [0.1, 0.15) is 39.6 Å². The molecular weight excluding hydrogens is 616 g/mol. The van der Waals surface area contributed by atoms with E-state index >= 15 is 0 Å². The summed E-state index contributed by atoms with van der Waals surface area (Å²) in [5, 5.41) is 0. The van der Waals surface area contributed by atoms with Crippen molar-refractivity contribution < 1.29 is 61.9 Å². The Bertz CT molecular complexity index is 974. The number of esters is 6. The molecule has 0 aliphatic heterocycles. The summed E-state index contributed by atoms with van der Waals surface area (Å²) in [7, 11) is 0. The number of ether oxygens (including phenoxy) is 7. The molecule has 13 heteroatoms. The molecule has 0 N–H and O–H groups in total. The fraction of sp³-hybridized carbons (Fsp3) is 0.471. The molecule has 0 aliphatic rings. The Balaban J connectivity index is 6.63. The molecule has 0 aliphatic carbocycles. The van der Waals surface area contributed by atoms with Crippen molar-refractivity contribution in [3.05, 3.63) is 72.9 Å². The van der Waals surface area contributed by atoms with Crippen LogP contribution in [0.3, 0.4) is 0 Å². The summed E-state index contributed by atoms with van der Waals surface area (Å²) < 4.78 is 38.3. The van der Waals surface area contributed by atoms with Gasteiger partial charge in [-0.2, -0.15) is 0 Å². The van der Waals surface area contributed by atoms with Crippen LogP contribution in [0.25, 0.3) is 0 Å². The number of carbonyl (C=O) groups excluding carboxylic acids is 6. The van der Waals surface area contributed by atoms with E-state index in [-0.39, 0.29) is 13.2 Å². The van der Waals surface area contributed by atoms with E-state index in [4.69, 9.17) is 33.2 Å². The molecule has 0 heterocycles. The number of hydrogen-bond acceptors (Lipinski definition) is 13. The number of rotatable bonds is 22. The zero-order valence-electron chi connectivity index (χ0n) is 27.9. The summed E-state index contributed by atoms with van der Waals surface area (Å²) in [6.45, 7) is 6.46. The average molecular weight is 663 g/mol. The minimum absolute atomic E-state index is 0.363. The Kier molecular flexibility index (Phi) is 22.0. The normalized spacial score (nSPS) is 14.4. The van der Waals surface area contributed by atoms with E-state index in [1.165, 1.54) is 72.9 Å². The van der Waals surface area contributed by atoms with E-state index in [1.807, 2.05) is 0 Å². The maximum Gasteiger partial charge on any atom is 0.330 e. The van der Waals surface area contributed by atoms with E-state index in [0.29, 0.717) is 0 Å². The lowest BCUT2D eigenvalue weighted by Gasteiger charge is -2.35. The monoisotopic (exact) mass is 662 g/mol. The maximum atomic E-state index is 12.3. The van der Waals surface area contributed by atoms with Crippen LogP contribution in [0.2, 0.25) is 0 Å². The van der Waals surface area contributed by atoms with Crippen molar-refractivity contribution in [3.63, 3.8) is 0 Å². The van der Waals surface area contributed by atoms with Crippen LogP contribution < -0.4 is 0 Å². The molecule has 0 saturated carbocycles. The SMILES string of the molecule is CC=CC(=O)OCC(COCC(COC(=O)C=CC)(COC(=O)C=CC)COC(=O)C=CC)(COC(=O)C=CC)COC(=O)C=CC. The van der Waals surface area contributed by atoms with Crippen molar-refractivity contribution in [1.29, 1.82) is 0 Å². The lowest BCUT2D eigenvalue weighted by atomic mass is 9.90. The first-order valence-electron chi connectivity index (χ1n) is 14.8. The molecule has 0 radical (unpaired) electrons. The maximum absolute atomic E-state index is 12.3. The second-order valence-corrected chi connectivity index (χ2v) is 10.1. The molecule has 260 valence electrons. The third-order valence-electron chi connectivity index (χ3n) is 5.76. The van der Waals surface area contributed by atoms with Crippen molar-refractivity contribution >= 4 is 35.8 Å². The number of carbonyl (C=O) groups is 6. The Hall–Kier alpha value is -4.78. The third kappa shape index (κ3) is 19.4. The Morgan fingerprint density at radius 1 is 0.340 bits per heavy atom. The van der Waals surface area contributed by atoms with Crippen LogP contribution in [-0.4, -0.2) is 88.7 Å². The predicted octanol–water partition coefficient (Wildman–Crippen LogP) is 3.69. The van der Waals surface area contributed by atoms with Gasteiger partial charge in [-0.15, -0.1) is 0 Å². The van der Waals surface area contributed by atoms with Crippen LogP contribution in [0.15, 0.2) is 72.9 Å². The third-order valence-corrected chi connectivity index (χ3v) is 5.76. The average Bonchev–Trinajstić information content (AvgIpc) is 3.03. The van der Waals surface area contributed by atoms with E-state index in [1.54, 1.807) is 41.5 Å². The fourth-order valence-corrected chi connectivity index (χ4v) is 3.43. The van der Waals surface area contributed by atoms with Gasteiger partial charge in [0, 0.05) is 36.5 Å². The van der Waals surface area contributed by atoms with Gasteiger partial charge in [0.25, 0.3) is 0 Å². The van der Waals surface area contributed by atoms with Gasteiger partial charge in [-0.3, -0.25) is 0 Å². The molecule has 0 aromatic heterocycles. The van der Waals surface area contributed by atoms with E-state index in [9.17, 15) is 28.8 Å². The van der Waals surface area contributed by atoms with Crippen LogP contribution in [-0.2, 0) is 61.9 Å². The van der Waals surface area contributed by atoms with Crippen LogP contribution in [0, 0.1) is 10.8 Å². The van der Waals surface area contributed by atoms with Gasteiger partial charge >= 0.3 is 35.8 Å². The zero-order valence-corrected chi connectivity index (χ0v) is 27.9. The fourth-order valence-electron chi connectivity index (χ4n) is 3.43. The summed E-state index contributed by atoms with van der Waals surface area (Å²) >= 11 is 0. The molecule has 0 aromatic rings. The van der Waals surface area contributed by atoms with Crippen molar-refractivity contribution in [2.45, 2.75) is 41.5 Å². The van der Waals surface area contributed by atoms with Gasteiger partial charge in [-0.05, 0) is 41.5 Å². The van der Waals surface area contributed by atoms with E-state index in [0.717, 1.165) is 0 Å². The highest BCUT2D eigenvalue weighted by atomic mass is 16.6. The summed E-state index contributed by atoms with van der Waals surface area (Å²) in [5.74, 6) is -4.29. The smallest absolute Gasteiger partial charge is 0.330 e. The molecule has 0 atom stereocenters. The molecule has 47 heavy (non-hydrogen) atoms. The topological polar surface area (TPSA) is 167 Å². The van der Waals surface area contributed by atoms with Crippen LogP contribution in [0.5, 0.6) is 0 Å². The molecule has 0 amide bonds. The van der Waals surface area contributed by atoms with Gasteiger partial charge in [-0.25, -0.2) is 28.8 Å². The quantitative estimate of drug-likeness (QED) is 0.0936. The van der Waals surface area contributed by atoms with E-state index in [2.05, 4.69) is 0 Å². The number of allylic oxidation sites excluding steroid dienone is 6. The molecular formula is C34H46O13. The Morgan fingerprint density at radius 3 is 0.660 bits per heavy atom. The molecule has 0 unspecified atom stereocenters. The second kappa shape index (κ2) is 24.5. The molecule has 0 fully saturated rings. The van der Waals surface area contributed by atoms with Crippen molar-refractivity contribution in [2.24, 2.45) is 10.8 Å². The van der Waals surface area contributed by atoms with Crippen molar-refractivity contribution in [3.8, 4) is 0 Å². The highest BCUT2D eigenvalue weighted by molar-refractivity contribution is 5.84. The highest BCUT2D eigenvalue weighted by Crippen LogP contribution is 2.26. The molecule has 0 bridgehead atoms. The van der Waals surface area contributed by atoms with Gasteiger partial charge in [0.2, 0.25) is 0 Å². The van der Waals surface area contributed by atoms with Crippen molar-refractivity contribution in [2.75, 3.05) is 52.9 Å². The largest absolute Gasteiger partial charge is 0.462 e. The lowest BCUT2D eigenvalue weighted by Crippen LogP contribution is -2.47. The zero-order chi connectivity index (χ0) is 35.6. The van der Waals surface area contributed by atoms with E-state index < -0.39 is 86.3 Å². The lowest BCUT2D eigenvalue weighted by molar-refractivity contribution is -0.169.